The quantitative estimate of drug-likeness (QED) is 0.861. The monoisotopic (exact) mass is 290 g/mol. The fraction of sp³-hybridized carbons (Fsp3) is 0.231. The van der Waals surface area contributed by atoms with Gasteiger partial charge in [0.25, 0.3) is 0 Å². The van der Waals surface area contributed by atoms with Gasteiger partial charge in [-0.05, 0) is 37.6 Å². The molecule has 7 heteroatoms. The maximum absolute atomic E-state index is 8.99. The van der Waals surface area contributed by atoms with Crippen molar-refractivity contribution in [3.8, 4) is 23.8 Å². The molecular formula is C13H11ClN4O2. The standard InChI is InChI=1S/C13H11ClN4O2/c1-8(2)19-12-16-11(14)17-13(18-12)20-10-6-4-3-5-9(10)7-15/h3-6,8H,1-2H3. The maximum atomic E-state index is 8.99. The number of hydrogen-bond acceptors (Lipinski definition) is 6. The van der Waals surface area contributed by atoms with Crippen molar-refractivity contribution in [1.29, 1.82) is 5.26 Å². The molecule has 102 valence electrons. The summed E-state index contributed by atoms with van der Waals surface area (Å²) < 4.78 is 10.8. The molecule has 1 aromatic carbocycles. The van der Waals surface area contributed by atoms with Crippen molar-refractivity contribution in [2.45, 2.75) is 20.0 Å². The summed E-state index contributed by atoms with van der Waals surface area (Å²) in [6.45, 7) is 3.67. The van der Waals surface area contributed by atoms with Gasteiger partial charge in [0.05, 0.1) is 11.7 Å². The molecule has 0 fully saturated rings. The summed E-state index contributed by atoms with van der Waals surface area (Å²) in [5.74, 6) is 0.341. The van der Waals surface area contributed by atoms with Crippen molar-refractivity contribution in [3.05, 3.63) is 35.1 Å². The Balaban J connectivity index is 2.29. The zero-order chi connectivity index (χ0) is 14.5. The van der Waals surface area contributed by atoms with E-state index in [0.29, 0.717) is 11.3 Å². The predicted octanol–water partition coefficient (Wildman–Crippen LogP) is 2.98. The Labute approximate surface area is 121 Å². The number of para-hydroxylation sites is 1. The number of halogens is 1. The van der Waals surface area contributed by atoms with Gasteiger partial charge < -0.3 is 9.47 Å². The molecule has 0 aliphatic rings. The smallest absolute Gasteiger partial charge is 0.329 e. The average molecular weight is 291 g/mol. The van der Waals surface area contributed by atoms with E-state index in [4.69, 9.17) is 26.3 Å². The van der Waals surface area contributed by atoms with Gasteiger partial charge in [-0.3, -0.25) is 0 Å². The lowest BCUT2D eigenvalue weighted by Crippen LogP contribution is -2.09. The van der Waals surface area contributed by atoms with Crippen LogP contribution >= 0.6 is 11.6 Å². The van der Waals surface area contributed by atoms with Gasteiger partial charge in [0.15, 0.2) is 0 Å². The van der Waals surface area contributed by atoms with Crippen LogP contribution in [-0.2, 0) is 0 Å². The van der Waals surface area contributed by atoms with Gasteiger partial charge in [-0.15, -0.1) is 4.98 Å². The molecule has 0 amide bonds. The van der Waals surface area contributed by atoms with Crippen molar-refractivity contribution >= 4 is 11.6 Å². The molecule has 0 N–H and O–H groups in total. The minimum absolute atomic E-state index is 0.0247. The number of aromatic nitrogens is 3. The normalized spacial score (nSPS) is 10.2. The molecule has 0 unspecified atom stereocenters. The van der Waals surface area contributed by atoms with Crippen LogP contribution in [0, 0.1) is 11.3 Å². The van der Waals surface area contributed by atoms with E-state index in [1.807, 2.05) is 19.9 Å². The number of rotatable bonds is 4. The zero-order valence-electron chi connectivity index (χ0n) is 10.9. The molecule has 6 nitrogen and oxygen atoms in total. The van der Waals surface area contributed by atoms with Crippen LogP contribution in [0.3, 0.4) is 0 Å². The number of benzene rings is 1. The van der Waals surface area contributed by atoms with Crippen LogP contribution in [-0.4, -0.2) is 21.1 Å². The maximum Gasteiger partial charge on any atom is 0.329 e. The third-order valence-corrected chi connectivity index (χ3v) is 2.29. The summed E-state index contributed by atoms with van der Waals surface area (Å²) in [4.78, 5) is 11.7. The first-order valence-corrected chi connectivity index (χ1v) is 6.21. The highest BCUT2D eigenvalue weighted by Crippen LogP contribution is 2.24. The minimum Gasteiger partial charge on any atom is -0.461 e. The molecular weight excluding hydrogens is 280 g/mol. The molecule has 0 spiro atoms. The zero-order valence-corrected chi connectivity index (χ0v) is 11.6. The minimum atomic E-state index is -0.104. The number of nitriles is 1. The molecule has 0 aliphatic carbocycles. The second-order valence-electron chi connectivity index (χ2n) is 4.05. The number of ether oxygens (including phenoxy) is 2. The number of nitrogens with zero attached hydrogens (tertiary/aromatic N) is 4. The second kappa shape index (κ2) is 6.17. The van der Waals surface area contributed by atoms with E-state index in [-0.39, 0.29) is 23.4 Å². The summed E-state index contributed by atoms with van der Waals surface area (Å²) in [6.07, 6.45) is -0.104. The van der Waals surface area contributed by atoms with Gasteiger partial charge in [0.1, 0.15) is 11.8 Å². The summed E-state index contributed by atoms with van der Waals surface area (Å²) in [5, 5.41) is 8.95. The van der Waals surface area contributed by atoms with Gasteiger partial charge in [-0.1, -0.05) is 12.1 Å². The van der Waals surface area contributed by atoms with Crippen molar-refractivity contribution in [2.75, 3.05) is 0 Å². The summed E-state index contributed by atoms with van der Waals surface area (Å²) >= 11 is 5.79. The van der Waals surface area contributed by atoms with E-state index < -0.39 is 0 Å². The molecule has 0 atom stereocenters. The topological polar surface area (TPSA) is 80.9 Å². The van der Waals surface area contributed by atoms with E-state index in [2.05, 4.69) is 15.0 Å². The van der Waals surface area contributed by atoms with Crippen molar-refractivity contribution < 1.29 is 9.47 Å². The first-order chi connectivity index (χ1) is 9.58. The van der Waals surface area contributed by atoms with Crippen molar-refractivity contribution in [2.24, 2.45) is 0 Å². The Kier molecular flexibility index (Phi) is 4.33. The molecule has 0 aliphatic heterocycles. The highest BCUT2D eigenvalue weighted by Gasteiger charge is 2.11. The molecule has 0 radical (unpaired) electrons. The highest BCUT2D eigenvalue weighted by atomic mass is 35.5. The fourth-order valence-corrected chi connectivity index (χ4v) is 1.51. The Morgan fingerprint density at radius 2 is 1.85 bits per heavy atom. The Bertz CT molecular complexity index is 655. The van der Waals surface area contributed by atoms with Gasteiger partial charge >= 0.3 is 12.0 Å². The first-order valence-electron chi connectivity index (χ1n) is 5.83. The summed E-state index contributed by atoms with van der Waals surface area (Å²) in [5.41, 5.74) is 0.371. The SMILES string of the molecule is CC(C)Oc1nc(Cl)nc(Oc2ccccc2C#N)n1. The van der Waals surface area contributed by atoms with Crippen LogP contribution < -0.4 is 9.47 Å². The average Bonchev–Trinajstić information content (AvgIpc) is 2.37. The van der Waals surface area contributed by atoms with Gasteiger partial charge in [0.2, 0.25) is 5.28 Å². The highest BCUT2D eigenvalue weighted by molar-refractivity contribution is 6.28. The molecule has 0 bridgehead atoms. The second-order valence-corrected chi connectivity index (χ2v) is 4.38. The lowest BCUT2D eigenvalue weighted by atomic mass is 10.2. The fourth-order valence-electron chi connectivity index (χ4n) is 1.37. The third kappa shape index (κ3) is 3.56. The van der Waals surface area contributed by atoms with Gasteiger partial charge in [-0.2, -0.15) is 15.2 Å². The van der Waals surface area contributed by atoms with Crippen LogP contribution in [0.5, 0.6) is 17.8 Å². The van der Waals surface area contributed by atoms with Crippen LogP contribution in [0.2, 0.25) is 5.28 Å². The van der Waals surface area contributed by atoms with Crippen molar-refractivity contribution in [1.82, 2.24) is 15.0 Å². The molecule has 0 saturated heterocycles. The molecule has 2 rings (SSSR count). The Morgan fingerprint density at radius 3 is 2.55 bits per heavy atom. The summed E-state index contributed by atoms with van der Waals surface area (Å²) in [6, 6.07) is 8.81. The molecule has 1 heterocycles. The van der Waals surface area contributed by atoms with E-state index in [1.165, 1.54) is 0 Å². The van der Waals surface area contributed by atoms with Crippen LogP contribution in [0.4, 0.5) is 0 Å². The molecule has 2 aromatic rings. The number of hydrogen-bond donors (Lipinski definition) is 0. The molecule has 0 saturated carbocycles. The van der Waals surface area contributed by atoms with E-state index in [1.54, 1.807) is 24.3 Å². The van der Waals surface area contributed by atoms with Crippen LogP contribution in [0.25, 0.3) is 0 Å². The molecule has 1 aromatic heterocycles. The predicted molar refractivity (Wildman–Crippen MR) is 71.8 cm³/mol. The van der Waals surface area contributed by atoms with E-state index >= 15 is 0 Å². The van der Waals surface area contributed by atoms with E-state index in [9.17, 15) is 0 Å². The van der Waals surface area contributed by atoms with Gasteiger partial charge in [0, 0.05) is 0 Å². The Morgan fingerprint density at radius 1 is 1.15 bits per heavy atom. The first kappa shape index (κ1) is 14.0. The van der Waals surface area contributed by atoms with E-state index in [0.717, 1.165) is 0 Å². The lowest BCUT2D eigenvalue weighted by Gasteiger charge is -2.09. The lowest BCUT2D eigenvalue weighted by molar-refractivity contribution is 0.218. The van der Waals surface area contributed by atoms with Gasteiger partial charge in [-0.25, -0.2) is 0 Å². The summed E-state index contributed by atoms with van der Waals surface area (Å²) in [7, 11) is 0. The van der Waals surface area contributed by atoms with Crippen molar-refractivity contribution in [3.63, 3.8) is 0 Å². The molecule has 20 heavy (non-hydrogen) atoms. The van der Waals surface area contributed by atoms with Crippen LogP contribution in [0.1, 0.15) is 19.4 Å². The third-order valence-electron chi connectivity index (χ3n) is 2.12. The largest absolute Gasteiger partial charge is 0.461 e. The Hall–Kier alpha value is -2.39. The van der Waals surface area contributed by atoms with Crippen LogP contribution in [0.15, 0.2) is 24.3 Å².